The number of amidine groups is 1. The van der Waals surface area contributed by atoms with Crippen LogP contribution in [0.3, 0.4) is 0 Å². The molecule has 4 nitrogen and oxygen atoms in total. The topological polar surface area (TPSA) is 36.9 Å². The van der Waals surface area contributed by atoms with E-state index in [0.29, 0.717) is 6.04 Å². The van der Waals surface area contributed by atoms with Gasteiger partial charge >= 0.3 is 0 Å². The number of rotatable bonds is 1. The second-order valence-corrected chi connectivity index (χ2v) is 7.71. The Morgan fingerprint density at radius 2 is 2.15 bits per heavy atom. The Labute approximate surface area is 125 Å². The Kier molecular flexibility index (Phi) is 3.69. The Balaban J connectivity index is 1.38. The van der Waals surface area contributed by atoms with E-state index in [-0.39, 0.29) is 5.54 Å². The summed E-state index contributed by atoms with van der Waals surface area (Å²) in [6, 6.07) is 1.38. The number of ether oxygens (including phenoxy) is 1. The summed E-state index contributed by atoms with van der Waals surface area (Å²) in [7, 11) is 0. The van der Waals surface area contributed by atoms with Crippen molar-refractivity contribution in [2.45, 2.75) is 56.1 Å². The monoisotopic (exact) mass is 295 g/mol. The summed E-state index contributed by atoms with van der Waals surface area (Å²) >= 11 is 1.94. The third-order valence-electron chi connectivity index (χ3n) is 5.40. The fourth-order valence-corrected chi connectivity index (χ4v) is 5.38. The highest BCUT2D eigenvalue weighted by molar-refractivity contribution is 8.14. The number of nitrogens with zero attached hydrogens (tertiary/aromatic N) is 2. The Morgan fingerprint density at radius 1 is 1.25 bits per heavy atom. The van der Waals surface area contributed by atoms with Crippen LogP contribution in [0.15, 0.2) is 4.99 Å². The third-order valence-corrected chi connectivity index (χ3v) is 6.58. The van der Waals surface area contributed by atoms with Crippen molar-refractivity contribution in [3.05, 3.63) is 0 Å². The molecule has 0 aromatic rings. The van der Waals surface area contributed by atoms with Crippen molar-refractivity contribution in [1.82, 2.24) is 10.2 Å². The lowest BCUT2D eigenvalue weighted by atomic mass is 9.93. The largest absolute Gasteiger partial charge is 0.381 e. The molecule has 4 heterocycles. The molecule has 0 amide bonds. The fraction of sp³-hybridized carbons (Fsp3) is 0.933. The molecule has 1 spiro atoms. The van der Waals surface area contributed by atoms with Gasteiger partial charge in [-0.25, -0.2) is 0 Å². The summed E-state index contributed by atoms with van der Waals surface area (Å²) < 4.78 is 5.49. The number of nitrogens with one attached hydrogen (secondary N) is 1. The van der Waals surface area contributed by atoms with Gasteiger partial charge in [-0.15, -0.1) is 0 Å². The first-order chi connectivity index (χ1) is 9.83. The fourth-order valence-electron chi connectivity index (χ4n) is 4.09. The maximum absolute atomic E-state index is 5.49. The maximum atomic E-state index is 5.49. The lowest BCUT2D eigenvalue weighted by molar-refractivity contribution is 0.0555. The molecule has 4 saturated heterocycles. The van der Waals surface area contributed by atoms with Crippen LogP contribution in [0, 0.1) is 0 Å². The van der Waals surface area contributed by atoms with Crippen molar-refractivity contribution in [2.75, 3.05) is 32.1 Å². The van der Waals surface area contributed by atoms with Crippen LogP contribution in [0.25, 0.3) is 0 Å². The van der Waals surface area contributed by atoms with E-state index >= 15 is 0 Å². The van der Waals surface area contributed by atoms with Gasteiger partial charge in [0.25, 0.3) is 0 Å². The Bertz CT molecular complexity index is 395. The van der Waals surface area contributed by atoms with E-state index in [4.69, 9.17) is 9.73 Å². The summed E-state index contributed by atoms with van der Waals surface area (Å²) in [5.74, 6) is 1.18. The highest BCUT2D eigenvalue weighted by atomic mass is 32.2. The zero-order valence-corrected chi connectivity index (χ0v) is 13.0. The number of hydrogen-bond acceptors (Lipinski definition) is 4. The molecule has 0 saturated carbocycles. The van der Waals surface area contributed by atoms with Gasteiger partial charge < -0.3 is 15.0 Å². The van der Waals surface area contributed by atoms with Gasteiger partial charge in [0, 0.05) is 31.6 Å². The van der Waals surface area contributed by atoms with Gasteiger partial charge in [0.2, 0.25) is 0 Å². The van der Waals surface area contributed by atoms with Crippen LogP contribution in [0.4, 0.5) is 0 Å². The first-order valence-corrected chi connectivity index (χ1v) is 9.12. The highest BCUT2D eigenvalue weighted by Crippen LogP contribution is 2.33. The predicted octanol–water partition coefficient (Wildman–Crippen LogP) is 1.85. The van der Waals surface area contributed by atoms with Gasteiger partial charge in [0.1, 0.15) is 0 Å². The smallest absolute Gasteiger partial charge is 0.157 e. The molecular formula is C15H25N3OS. The molecule has 4 aliphatic heterocycles. The van der Waals surface area contributed by atoms with Gasteiger partial charge in [0.15, 0.2) is 5.17 Å². The third kappa shape index (κ3) is 2.60. The van der Waals surface area contributed by atoms with Gasteiger partial charge in [0.05, 0.1) is 11.6 Å². The van der Waals surface area contributed by atoms with Gasteiger partial charge in [-0.1, -0.05) is 11.8 Å². The standard InChI is InChI=1S/C15H25N3OS/c1-2-13-10-12(3-7-18(13)6-1)16-14-17-15(11-20-14)4-8-19-9-5-15/h12-13H,1-11H2,(H,16,17). The van der Waals surface area contributed by atoms with E-state index in [1.54, 1.807) is 0 Å². The van der Waals surface area contributed by atoms with Gasteiger partial charge in [-0.3, -0.25) is 4.99 Å². The minimum Gasteiger partial charge on any atom is -0.381 e. The molecule has 112 valence electrons. The predicted molar refractivity (Wildman–Crippen MR) is 83.4 cm³/mol. The normalized spacial score (nSPS) is 39.1. The molecule has 0 radical (unpaired) electrons. The summed E-state index contributed by atoms with van der Waals surface area (Å²) in [4.78, 5) is 7.72. The number of thioether (sulfide) groups is 1. The molecule has 0 aromatic carbocycles. The molecule has 20 heavy (non-hydrogen) atoms. The van der Waals surface area contributed by atoms with E-state index in [1.165, 1.54) is 49.7 Å². The second-order valence-electron chi connectivity index (χ2n) is 6.75. The SMILES string of the molecule is C1CC2CC(N=C3NC4(CCOCC4)CS3)CCN2C1. The number of piperidine rings is 1. The molecular weight excluding hydrogens is 270 g/mol. The zero-order valence-electron chi connectivity index (χ0n) is 12.1. The lowest BCUT2D eigenvalue weighted by Crippen LogP contribution is -2.48. The van der Waals surface area contributed by atoms with E-state index in [0.717, 1.165) is 32.1 Å². The number of hydrogen-bond donors (Lipinski definition) is 1. The summed E-state index contributed by atoms with van der Waals surface area (Å²) in [6.45, 7) is 4.39. The Morgan fingerprint density at radius 3 is 3.05 bits per heavy atom. The minimum absolute atomic E-state index is 0.288. The highest BCUT2D eigenvalue weighted by Gasteiger charge is 2.39. The molecule has 0 aromatic heterocycles. The van der Waals surface area contributed by atoms with Crippen LogP contribution in [0.2, 0.25) is 0 Å². The van der Waals surface area contributed by atoms with Crippen molar-refractivity contribution in [3.8, 4) is 0 Å². The van der Waals surface area contributed by atoms with Gasteiger partial charge in [-0.2, -0.15) is 0 Å². The molecule has 0 bridgehead atoms. The maximum Gasteiger partial charge on any atom is 0.157 e. The minimum atomic E-state index is 0.288. The molecule has 4 fully saturated rings. The van der Waals surface area contributed by atoms with Crippen molar-refractivity contribution in [2.24, 2.45) is 4.99 Å². The van der Waals surface area contributed by atoms with E-state index in [1.807, 2.05) is 11.8 Å². The van der Waals surface area contributed by atoms with Crippen LogP contribution in [0.5, 0.6) is 0 Å². The van der Waals surface area contributed by atoms with Crippen molar-refractivity contribution < 1.29 is 4.74 Å². The molecule has 0 aliphatic carbocycles. The summed E-state index contributed by atoms with van der Waals surface area (Å²) in [5, 5.41) is 4.94. The average Bonchev–Trinajstić information content (AvgIpc) is 3.07. The van der Waals surface area contributed by atoms with E-state index < -0.39 is 0 Å². The van der Waals surface area contributed by atoms with Crippen molar-refractivity contribution in [1.29, 1.82) is 0 Å². The molecule has 5 heteroatoms. The molecule has 2 unspecified atom stereocenters. The van der Waals surface area contributed by atoms with Crippen molar-refractivity contribution >= 4 is 16.9 Å². The lowest BCUT2D eigenvalue weighted by Gasteiger charge is -2.34. The molecule has 4 aliphatic rings. The average molecular weight is 295 g/mol. The van der Waals surface area contributed by atoms with Crippen LogP contribution >= 0.6 is 11.8 Å². The Hall–Kier alpha value is -0.260. The van der Waals surface area contributed by atoms with Crippen LogP contribution < -0.4 is 5.32 Å². The van der Waals surface area contributed by atoms with Crippen LogP contribution in [-0.4, -0.2) is 59.7 Å². The van der Waals surface area contributed by atoms with Crippen LogP contribution in [-0.2, 0) is 4.74 Å². The quantitative estimate of drug-likeness (QED) is 0.801. The van der Waals surface area contributed by atoms with Gasteiger partial charge in [-0.05, 0) is 45.1 Å². The number of aliphatic imine (C=N–C) groups is 1. The van der Waals surface area contributed by atoms with Crippen molar-refractivity contribution in [3.63, 3.8) is 0 Å². The summed E-state index contributed by atoms with van der Waals surface area (Å²) in [6.07, 6.45) is 7.59. The molecule has 1 N–H and O–H groups in total. The van der Waals surface area contributed by atoms with Crippen LogP contribution in [0.1, 0.15) is 38.5 Å². The second kappa shape index (κ2) is 5.50. The molecule has 2 atom stereocenters. The molecule has 4 rings (SSSR count). The summed E-state index contributed by atoms with van der Waals surface area (Å²) in [5.41, 5.74) is 0.288. The number of fused-ring (bicyclic) bond motifs is 1. The zero-order chi connectivity index (χ0) is 13.4. The first-order valence-electron chi connectivity index (χ1n) is 8.14. The van der Waals surface area contributed by atoms with E-state index in [2.05, 4.69) is 10.2 Å². The van der Waals surface area contributed by atoms with E-state index in [9.17, 15) is 0 Å². The first kappa shape index (κ1) is 13.4.